The molecule has 0 radical (unpaired) electrons. The van der Waals surface area contributed by atoms with Crippen molar-refractivity contribution in [2.24, 2.45) is 10.7 Å². The first-order chi connectivity index (χ1) is 12.4. The number of aliphatic imine (C=N–C) groups is 1. The molecule has 1 aromatic carbocycles. The van der Waals surface area contributed by atoms with Crippen LogP contribution in [0.1, 0.15) is 28.5 Å². The highest BCUT2D eigenvalue weighted by atomic mass is 19.1. The maximum absolute atomic E-state index is 14.3. The minimum atomic E-state index is -0.972. The second-order valence-electron chi connectivity index (χ2n) is 6.06. The van der Waals surface area contributed by atoms with Gasteiger partial charge < -0.3 is 15.8 Å². The third kappa shape index (κ3) is 3.53. The van der Waals surface area contributed by atoms with E-state index in [1.165, 1.54) is 36.5 Å². The number of ether oxygens (including phenoxy) is 1. The molecule has 0 bridgehead atoms. The number of nitrogens with zero attached hydrogens (tertiary/aromatic N) is 3. The largest absolute Gasteiger partial charge is 0.386 e. The minimum absolute atomic E-state index is 0.143. The summed E-state index contributed by atoms with van der Waals surface area (Å²) in [5.74, 6) is -0.654. The summed E-state index contributed by atoms with van der Waals surface area (Å²) < 4.78 is 19.7. The van der Waals surface area contributed by atoms with Gasteiger partial charge in [0.2, 0.25) is 0 Å². The Morgan fingerprint density at radius 2 is 2.23 bits per heavy atom. The molecular weight excluding hydrogens is 337 g/mol. The highest BCUT2D eigenvalue weighted by Gasteiger charge is 2.33. The Kier molecular flexibility index (Phi) is 4.65. The number of hydrogen-bond acceptors (Lipinski definition) is 6. The van der Waals surface area contributed by atoms with E-state index in [1.807, 2.05) is 6.07 Å². The summed E-state index contributed by atoms with van der Waals surface area (Å²) >= 11 is 0. The average molecular weight is 353 g/mol. The highest BCUT2D eigenvalue weighted by Crippen LogP contribution is 2.32. The van der Waals surface area contributed by atoms with E-state index in [9.17, 15) is 9.18 Å². The number of carbonyl (C=O) groups excluding carboxylic acids is 1. The standard InChI is InChI=1S/C18H16FN5O2/c1-18(10-26-9-16(21)24-18)13-6-12(3-4-14(13)19)23-17(25)15-5-2-11(7-20)8-22-15/h2-6,8H,9-10H2,1H3,(H2,21,24)(H,23,25)/t18-/m0/s1. The normalized spacial score (nSPS) is 19.3. The number of rotatable bonds is 3. The molecule has 0 fully saturated rings. The Hall–Kier alpha value is -3.31. The van der Waals surface area contributed by atoms with Gasteiger partial charge in [0.25, 0.3) is 5.91 Å². The van der Waals surface area contributed by atoms with E-state index in [1.54, 1.807) is 6.92 Å². The summed E-state index contributed by atoms with van der Waals surface area (Å²) in [7, 11) is 0. The molecule has 2 heterocycles. The number of carbonyl (C=O) groups is 1. The maximum Gasteiger partial charge on any atom is 0.274 e. The quantitative estimate of drug-likeness (QED) is 0.875. The summed E-state index contributed by atoms with van der Waals surface area (Å²) in [6.07, 6.45) is 1.31. The summed E-state index contributed by atoms with van der Waals surface area (Å²) in [5.41, 5.74) is 5.90. The zero-order chi connectivity index (χ0) is 18.7. The van der Waals surface area contributed by atoms with Crippen LogP contribution in [0.2, 0.25) is 0 Å². The Morgan fingerprint density at radius 3 is 2.88 bits per heavy atom. The molecule has 0 unspecified atom stereocenters. The summed E-state index contributed by atoms with van der Waals surface area (Å²) in [4.78, 5) is 20.5. The monoisotopic (exact) mass is 353 g/mol. The molecular formula is C18H16FN5O2. The van der Waals surface area contributed by atoms with Crippen LogP contribution in [-0.4, -0.2) is 29.9 Å². The van der Waals surface area contributed by atoms with Crippen LogP contribution < -0.4 is 11.1 Å². The molecule has 132 valence electrons. The predicted molar refractivity (Wildman–Crippen MR) is 93.1 cm³/mol. The molecule has 7 nitrogen and oxygen atoms in total. The third-order valence-corrected chi connectivity index (χ3v) is 3.95. The molecule has 0 saturated carbocycles. The number of pyridine rings is 1. The van der Waals surface area contributed by atoms with Crippen molar-refractivity contribution in [2.45, 2.75) is 12.5 Å². The lowest BCUT2D eigenvalue weighted by Gasteiger charge is -2.30. The van der Waals surface area contributed by atoms with Gasteiger partial charge in [0.15, 0.2) is 0 Å². The third-order valence-electron chi connectivity index (χ3n) is 3.95. The van der Waals surface area contributed by atoms with Gasteiger partial charge in [0, 0.05) is 17.4 Å². The van der Waals surface area contributed by atoms with Crippen LogP contribution in [0.25, 0.3) is 0 Å². The number of amides is 1. The summed E-state index contributed by atoms with van der Waals surface area (Å²) in [5, 5.41) is 11.4. The van der Waals surface area contributed by atoms with Gasteiger partial charge in [-0.25, -0.2) is 9.37 Å². The highest BCUT2D eigenvalue weighted by molar-refractivity contribution is 6.02. The van der Waals surface area contributed by atoms with Crippen molar-refractivity contribution < 1.29 is 13.9 Å². The fourth-order valence-electron chi connectivity index (χ4n) is 2.68. The Balaban J connectivity index is 1.86. The number of amidine groups is 1. The van der Waals surface area contributed by atoms with Crippen LogP contribution >= 0.6 is 0 Å². The molecule has 3 rings (SSSR count). The van der Waals surface area contributed by atoms with Gasteiger partial charge >= 0.3 is 0 Å². The number of nitrogens with two attached hydrogens (primary N) is 1. The Morgan fingerprint density at radius 1 is 1.42 bits per heavy atom. The number of aromatic nitrogens is 1. The van der Waals surface area contributed by atoms with E-state index in [-0.39, 0.29) is 30.3 Å². The first-order valence-corrected chi connectivity index (χ1v) is 7.81. The topological polar surface area (TPSA) is 113 Å². The van der Waals surface area contributed by atoms with Crippen molar-refractivity contribution in [3.63, 3.8) is 0 Å². The molecule has 8 heteroatoms. The van der Waals surface area contributed by atoms with Crippen LogP contribution in [0.15, 0.2) is 41.5 Å². The number of halogens is 1. The minimum Gasteiger partial charge on any atom is -0.386 e. The molecule has 3 N–H and O–H groups in total. The SMILES string of the molecule is C[C@@]1(c2cc(NC(=O)c3ccc(C#N)cn3)ccc2F)COCC(N)=N1. The molecule has 0 spiro atoms. The van der Waals surface area contributed by atoms with E-state index in [0.717, 1.165) is 0 Å². The van der Waals surface area contributed by atoms with Gasteiger partial charge in [-0.2, -0.15) is 5.26 Å². The zero-order valence-electron chi connectivity index (χ0n) is 14.0. The van der Waals surface area contributed by atoms with Crippen molar-refractivity contribution in [3.05, 3.63) is 59.2 Å². The van der Waals surface area contributed by atoms with E-state index >= 15 is 0 Å². The van der Waals surface area contributed by atoms with Gasteiger partial charge in [-0.05, 0) is 37.3 Å². The van der Waals surface area contributed by atoms with E-state index < -0.39 is 17.3 Å². The van der Waals surface area contributed by atoms with Crippen LogP contribution in [0.4, 0.5) is 10.1 Å². The molecule has 1 amide bonds. The van der Waals surface area contributed by atoms with E-state index in [2.05, 4.69) is 15.3 Å². The van der Waals surface area contributed by atoms with Gasteiger partial charge in [-0.1, -0.05) is 0 Å². The maximum atomic E-state index is 14.3. The number of anilines is 1. The van der Waals surface area contributed by atoms with Gasteiger partial charge in [0.05, 0.1) is 12.2 Å². The van der Waals surface area contributed by atoms with Crippen molar-refractivity contribution in [2.75, 3.05) is 18.5 Å². The van der Waals surface area contributed by atoms with Crippen molar-refractivity contribution in [1.29, 1.82) is 5.26 Å². The molecule has 0 aliphatic carbocycles. The van der Waals surface area contributed by atoms with E-state index in [0.29, 0.717) is 11.3 Å². The van der Waals surface area contributed by atoms with E-state index in [4.69, 9.17) is 15.7 Å². The molecule has 26 heavy (non-hydrogen) atoms. The molecule has 2 aromatic rings. The second kappa shape index (κ2) is 6.90. The van der Waals surface area contributed by atoms with Gasteiger partial charge in [0.1, 0.15) is 35.6 Å². The van der Waals surface area contributed by atoms with Crippen LogP contribution in [0.3, 0.4) is 0 Å². The second-order valence-corrected chi connectivity index (χ2v) is 6.06. The van der Waals surface area contributed by atoms with Gasteiger partial charge in [-0.3, -0.25) is 9.79 Å². The number of nitriles is 1. The summed E-state index contributed by atoms with van der Waals surface area (Å²) in [6, 6.07) is 9.07. The average Bonchev–Trinajstić information content (AvgIpc) is 2.63. The number of nitrogens with one attached hydrogen (secondary N) is 1. The fourth-order valence-corrected chi connectivity index (χ4v) is 2.68. The first kappa shape index (κ1) is 17.5. The predicted octanol–water partition coefficient (Wildman–Crippen LogP) is 1.95. The molecule has 0 saturated heterocycles. The van der Waals surface area contributed by atoms with Crippen LogP contribution in [0.5, 0.6) is 0 Å². The number of benzene rings is 1. The smallest absolute Gasteiger partial charge is 0.274 e. The lowest BCUT2D eigenvalue weighted by molar-refractivity contribution is 0.102. The lowest BCUT2D eigenvalue weighted by atomic mass is 9.92. The van der Waals surface area contributed by atoms with Gasteiger partial charge in [-0.15, -0.1) is 0 Å². The Labute approximate surface area is 149 Å². The molecule has 1 aliphatic heterocycles. The summed E-state index contributed by atoms with van der Waals surface area (Å²) in [6.45, 7) is 2.10. The fraction of sp³-hybridized carbons (Fsp3) is 0.222. The molecule has 1 aromatic heterocycles. The van der Waals surface area contributed by atoms with Crippen molar-refractivity contribution >= 4 is 17.4 Å². The zero-order valence-corrected chi connectivity index (χ0v) is 14.0. The first-order valence-electron chi connectivity index (χ1n) is 7.81. The Bertz CT molecular complexity index is 920. The van der Waals surface area contributed by atoms with Crippen molar-refractivity contribution in [1.82, 2.24) is 4.98 Å². The van der Waals surface area contributed by atoms with Crippen LogP contribution in [0, 0.1) is 17.1 Å². The lowest BCUT2D eigenvalue weighted by Crippen LogP contribution is -2.38. The van der Waals surface area contributed by atoms with Crippen molar-refractivity contribution in [3.8, 4) is 6.07 Å². The van der Waals surface area contributed by atoms with Crippen LogP contribution in [-0.2, 0) is 10.3 Å². The molecule has 1 aliphatic rings. The number of hydrogen-bond donors (Lipinski definition) is 2. The molecule has 1 atom stereocenters.